The second-order valence-corrected chi connectivity index (χ2v) is 7.28. The van der Waals surface area contributed by atoms with Crippen LogP contribution in [0.3, 0.4) is 0 Å². The summed E-state index contributed by atoms with van der Waals surface area (Å²) in [6.07, 6.45) is 0.530. The maximum absolute atomic E-state index is 13.4. The summed E-state index contributed by atoms with van der Waals surface area (Å²) in [6.45, 7) is 1.84. The fraction of sp³-hybridized carbons (Fsp3) is 0.192. The molecule has 0 spiro atoms. The molecule has 3 aromatic rings. The maximum atomic E-state index is 13.4. The van der Waals surface area contributed by atoms with Crippen LogP contribution in [0, 0.1) is 0 Å². The molecule has 0 bridgehead atoms. The molecule has 1 atom stereocenters. The molecule has 6 nitrogen and oxygen atoms in total. The number of nitrogens with zero attached hydrogens (tertiary/aromatic N) is 2. The summed E-state index contributed by atoms with van der Waals surface area (Å²) in [6, 6.07) is 25.9. The number of carbonyl (C=O) groups is 2. The highest BCUT2D eigenvalue weighted by atomic mass is 16.6. The van der Waals surface area contributed by atoms with Crippen molar-refractivity contribution in [2.45, 2.75) is 19.4 Å². The Labute approximate surface area is 187 Å². The number of carbonyl (C=O) groups excluding carboxylic acids is 2. The lowest BCUT2D eigenvalue weighted by atomic mass is 9.97. The van der Waals surface area contributed by atoms with Crippen molar-refractivity contribution in [3.8, 4) is 5.75 Å². The monoisotopic (exact) mass is 428 g/mol. The highest BCUT2D eigenvalue weighted by Crippen LogP contribution is 2.38. The topological polar surface area (TPSA) is 68.2 Å². The van der Waals surface area contributed by atoms with E-state index in [4.69, 9.17) is 14.6 Å². The van der Waals surface area contributed by atoms with E-state index in [9.17, 15) is 9.59 Å². The number of para-hydroxylation sites is 1. The van der Waals surface area contributed by atoms with E-state index in [0.717, 1.165) is 16.8 Å². The van der Waals surface area contributed by atoms with Crippen molar-refractivity contribution in [1.82, 2.24) is 5.01 Å². The number of hydrogen-bond donors (Lipinski definition) is 0. The zero-order valence-electron chi connectivity index (χ0n) is 17.8. The SMILES string of the molecule is CCOC(=O)COc1ccccc1C1CC(c2ccccc2)=NN1C(=O)c1ccccc1. The Morgan fingerprint density at radius 1 is 0.938 bits per heavy atom. The van der Waals surface area contributed by atoms with Gasteiger partial charge < -0.3 is 9.47 Å². The summed E-state index contributed by atoms with van der Waals surface area (Å²) in [5, 5.41) is 6.23. The Morgan fingerprint density at radius 3 is 2.31 bits per heavy atom. The molecule has 32 heavy (non-hydrogen) atoms. The van der Waals surface area contributed by atoms with Gasteiger partial charge in [0.05, 0.1) is 18.4 Å². The fourth-order valence-electron chi connectivity index (χ4n) is 3.68. The molecule has 4 rings (SSSR count). The van der Waals surface area contributed by atoms with E-state index in [0.29, 0.717) is 24.3 Å². The summed E-state index contributed by atoms with van der Waals surface area (Å²) in [5.74, 6) is -0.102. The number of rotatable bonds is 7. The van der Waals surface area contributed by atoms with E-state index in [-0.39, 0.29) is 18.6 Å². The molecule has 6 heteroatoms. The highest BCUT2D eigenvalue weighted by Gasteiger charge is 2.35. The first-order valence-corrected chi connectivity index (χ1v) is 10.6. The molecule has 0 fully saturated rings. The van der Waals surface area contributed by atoms with Gasteiger partial charge in [-0.05, 0) is 30.7 Å². The average molecular weight is 428 g/mol. The summed E-state index contributed by atoms with van der Waals surface area (Å²) in [5.41, 5.74) is 3.13. The average Bonchev–Trinajstić information content (AvgIpc) is 3.29. The van der Waals surface area contributed by atoms with Crippen LogP contribution in [0.4, 0.5) is 0 Å². The van der Waals surface area contributed by atoms with E-state index in [1.54, 1.807) is 25.1 Å². The third-order valence-corrected chi connectivity index (χ3v) is 5.18. The zero-order chi connectivity index (χ0) is 22.3. The van der Waals surface area contributed by atoms with Gasteiger partial charge in [-0.3, -0.25) is 4.79 Å². The number of hydrazone groups is 1. The van der Waals surface area contributed by atoms with Gasteiger partial charge in [0.15, 0.2) is 6.61 Å². The van der Waals surface area contributed by atoms with Crippen molar-refractivity contribution in [3.63, 3.8) is 0 Å². The molecule has 0 aromatic heterocycles. The van der Waals surface area contributed by atoms with Crippen LogP contribution < -0.4 is 4.74 Å². The van der Waals surface area contributed by atoms with Crippen molar-refractivity contribution in [2.24, 2.45) is 5.10 Å². The van der Waals surface area contributed by atoms with Crippen molar-refractivity contribution in [1.29, 1.82) is 0 Å². The Bertz CT molecular complexity index is 1110. The number of esters is 1. The van der Waals surface area contributed by atoms with Crippen LogP contribution in [0.25, 0.3) is 0 Å². The van der Waals surface area contributed by atoms with Gasteiger partial charge in [-0.2, -0.15) is 5.10 Å². The summed E-state index contributed by atoms with van der Waals surface area (Å²) >= 11 is 0. The molecule has 1 unspecified atom stereocenters. The lowest BCUT2D eigenvalue weighted by Crippen LogP contribution is -2.27. The van der Waals surface area contributed by atoms with Crippen LogP contribution in [-0.4, -0.2) is 35.8 Å². The van der Waals surface area contributed by atoms with E-state index in [1.807, 2.05) is 66.7 Å². The maximum Gasteiger partial charge on any atom is 0.344 e. The lowest BCUT2D eigenvalue weighted by Gasteiger charge is -2.24. The van der Waals surface area contributed by atoms with Crippen LogP contribution in [0.5, 0.6) is 5.75 Å². The molecule has 1 amide bonds. The molecule has 0 N–H and O–H groups in total. The van der Waals surface area contributed by atoms with E-state index < -0.39 is 5.97 Å². The molecule has 3 aromatic carbocycles. The van der Waals surface area contributed by atoms with E-state index in [1.165, 1.54) is 5.01 Å². The Morgan fingerprint density at radius 2 is 1.59 bits per heavy atom. The standard InChI is InChI=1S/C26H24N2O4/c1-2-31-25(29)18-32-24-16-10-9-15-21(24)23-17-22(19-11-5-3-6-12-19)27-28(23)26(30)20-13-7-4-8-14-20/h3-16,23H,2,17-18H2,1H3. The van der Waals surface area contributed by atoms with Crippen molar-refractivity contribution in [3.05, 3.63) is 102 Å². The Balaban J connectivity index is 1.68. The summed E-state index contributed by atoms with van der Waals surface area (Å²) < 4.78 is 10.7. The first-order valence-electron chi connectivity index (χ1n) is 10.6. The smallest absolute Gasteiger partial charge is 0.344 e. The molecule has 0 saturated carbocycles. The predicted molar refractivity (Wildman–Crippen MR) is 122 cm³/mol. The minimum atomic E-state index is -0.438. The molecular weight excluding hydrogens is 404 g/mol. The van der Waals surface area contributed by atoms with Crippen LogP contribution in [0.1, 0.15) is 40.9 Å². The number of ether oxygens (including phenoxy) is 2. The quantitative estimate of drug-likeness (QED) is 0.515. The van der Waals surface area contributed by atoms with Crippen LogP contribution in [-0.2, 0) is 9.53 Å². The second kappa shape index (κ2) is 9.92. The molecule has 0 saturated heterocycles. The Hall–Kier alpha value is -3.93. The van der Waals surface area contributed by atoms with Gasteiger partial charge >= 0.3 is 5.97 Å². The summed E-state index contributed by atoms with van der Waals surface area (Å²) in [4.78, 5) is 25.2. The van der Waals surface area contributed by atoms with Crippen molar-refractivity contribution < 1.29 is 19.1 Å². The van der Waals surface area contributed by atoms with Gasteiger partial charge in [0.25, 0.3) is 5.91 Å². The van der Waals surface area contributed by atoms with E-state index >= 15 is 0 Å². The number of hydrogen-bond acceptors (Lipinski definition) is 5. The minimum Gasteiger partial charge on any atom is -0.482 e. The largest absolute Gasteiger partial charge is 0.482 e. The van der Waals surface area contributed by atoms with Gasteiger partial charge in [0, 0.05) is 17.5 Å². The van der Waals surface area contributed by atoms with Crippen LogP contribution in [0.2, 0.25) is 0 Å². The first kappa shape index (κ1) is 21.3. The van der Waals surface area contributed by atoms with Crippen molar-refractivity contribution in [2.75, 3.05) is 13.2 Å². The van der Waals surface area contributed by atoms with Crippen molar-refractivity contribution >= 4 is 17.6 Å². The molecule has 162 valence electrons. The third kappa shape index (κ3) is 4.70. The lowest BCUT2D eigenvalue weighted by molar-refractivity contribution is -0.145. The highest BCUT2D eigenvalue weighted by molar-refractivity contribution is 6.05. The van der Waals surface area contributed by atoms with Gasteiger partial charge in [-0.15, -0.1) is 0 Å². The Kier molecular flexibility index (Phi) is 6.60. The van der Waals surface area contributed by atoms with Gasteiger partial charge in [0.1, 0.15) is 5.75 Å². The van der Waals surface area contributed by atoms with Gasteiger partial charge in [0.2, 0.25) is 0 Å². The second-order valence-electron chi connectivity index (χ2n) is 7.28. The van der Waals surface area contributed by atoms with Gasteiger partial charge in [-0.1, -0.05) is 66.7 Å². The molecule has 1 aliphatic rings. The molecule has 1 aliphatic heterocycles. The molecule has 0 radical (unpaired) electrons. The molecular formula is C26H24N2O4. The molecule has 0 aliphatic carbocycles. The summed E-state index contributed by atoms with van der Waals surface area (Å²) in [7, 11) is 0. The predicted octanol–water partition coefficient (Wildman–Crippen LogP) is 4.62. The normalized spacial score (nSPS) is 15.2. The van der Waals surface area contributed by atoms with Crippen LogP contribution in [0.15, 0.2) is 90.0 Å². The minimum absolute atomic E-state index is 0.193. The van der Waals surface area contributed by atoms with Gasteiger partial charge in [-0.25, -0.2) is 9.80 Å². The molecule has 1 heterocycles. The fourth-order valence-corrected chi connectivity index (χ4v) is 3.68. The number of benzene rings is 3. The van der Waals surface area contributed by atoms with E-state index in [2.05, 4.69) is 0 Å². The first-order chi connectivity index (χ1) is 15.7. The third-order valence-electron chi connectivity index (χ3n) is 5.18. The van der Waals surface area contributed by atoms with Crippen LogP contribution >= 0.6 is 0 Å². The zero-order valence-corrected chi connectivity index (χ0v) is 17.8. The number of amides is 1.